The molecule has 126 valence electrons. The Morgan fingerprint density at radius 3 is 2.40 bits per heavy atom. The lowest BCUT2D eigenvalue weighted by molar-refractivity contribution is 0.414. The summed E-state index contributed by atoms with van der Waals surface area (Å²) in [6, 6.07) is 14.4. The Labute approximate surface area is 151 Å². The largest absolute Gasteiger partial charge is 0.497 e. The van der Waals surface area contributed by atoms with Gasteiger partial charge in [0.1, 0.15) is 13.8 Å². The van der Waals surface area contributed by atoms with Crippen LogP contribution in [0.25, 0.3) is 17.5 Å². The number of methoxy groups -OCH3 is 1. The lowest BCUT2D eigenvalue weighted by atomic mass is 9.97. The standard InChI is InChI=1S/C22H23NOSi/c1-16-21-15-20(24-2)11-10-19(21)14-22(23-16)18-8-6-17(7-9-18)12-13-25(3,4)5/h6-11,14-15,23H,1H2,2-5H3. The molecule has 0 radical (unpaired) electrons. The summed E-state index contributed by atoms with van der Waals surface area (Å²) in [6.45, 7) is 10.9. The lowest BCUT2D eigenvalue weighted by Crippen LogP contribution is -2.16. The first-order valence-corrected chi connectivity index (χ1v) is 11.9. The van der Waals surface area contributed by atoms with E-state index in [1.807, 2.05) is 12.1 Å². The van der Waals surface area contributed by atoms with Crippen LogP contribution in [0.3, 0.4) is 0 Å². The molecule has 2 aromatic carbocycles. The van der Waals surface area contributed by atoms with Crippen molar-refractivity contribution in [1.82, 2.24) is 5.32 Å². The number of hydrogen-bond acceptors (Lipinski definition) is 2. The van der Waals surface area contributed by atoms with Crippen molar-refractivity contribution >= 4 is 25.5 Å². The maximum absolute atomic E-state index is 5.30. The fourth-order valence-electron chi connectivity index (χ4n) is 2.62. The molecule has 3 rings (SSSR count). The van der Waals surface area contributed by atoms with Gasteiger partial charge in [0.15, 0.2) is 0 Å². The molecule has 0 unspecified atom stereocenters. The van der Waals surface area contributed by atoms with Crippen LogP contribution in [0.5, 0.6) is 5.75 Å². The summed E-state index contributed by atoms with van der Waals surface area (Å²) in [5, 5.41) is 3.40. The van der Waals surface area contributed by atoms with Crippen molar-refractivity contribution in [2.45, 2.75) is 19.6 Å². The summed E-state index contributed by atoms with van der Waals surface area (Å²) < 4.78 is 5.30. The molecule has 2 nitrogen and oxygen atoms in total. The molecule has 0 bridgehead atoms. The van der Waals surface area contributed by atoms with Crippen molar-refractivity contribution in [1.29, 1.82) is 0 Å². The first-order valence-electron chi connectivity index (χ1n) is 8.35. The summed E-state index contributed by atoms with van der Waals surface area (Å²) >= 11 is 0. The summed E-state index contributed by atoms with van der Waals surface area (Å²) in [5.74, 6) is 4.13. The van der Waals surface area contributed by atoms with Gasteiger partial charge >= 0.3 is 0 Å². The third kappa shape index (κ3) is 4.04. The first-order chi connectivity index (χ1) is 11.9. The SMILES string of the molecule is C=C1NC(c2ccc(C#C[Si](C)(C)C)cc2)=Cc2ccc(OC)cc21. The summed E-state index contributed by atoms with van der Waals surface area (Å²) in [6.07, 6.45) is 2.15. The molecule has 1 aliphatic rings. The Bertz CT molecular complexity index is 906. The van der Waals surface area contributed by atoms with Crippen molar-refractivity contribution < 1.29 is 4.74 Å². The predicted octanol–water partition coefficient (Wildman–Crippen LogP) is 5.00. The molecule has 0 amide bonds. The van der Waals surface area contributed by atoms with Crippen LogP contribution in [0.2, 0.25) is 19.6 Å². The van der Waals surface area contributed by atoms with E-state index in [1.54, 1.807) is 7.11 Å². The number of hydrogen-bond donors (Lipinski definition) is 1. The van der Waals surface area contributed by atoms with E-state index in [0.717, 1.165) is 39.4 Å². The van der Waals surface area contributed by atoms with Crippen LogP contribution in [0.4, 0.5) is 0 Å². The average Bonchev–Trinajstić information content (AvgIpc) is 2.59. The molecule has 1 N–H and O–H groups in total. The highest BCUT2D eigenvalue weighted by atomic mass is 28.3. The van der Waals surface area contributed by atoms with E-state index >= 15 is 0 Å². The molecule has 1 aliphatic heterocycles. The van der Waals surface area contributed by atoms with Gasteiger partial charge in [0.05, 0.1) is 7.11 Å². The smallest absolute Gasteiger partial charge is 0.129 e. The Morgan fingerprint density at radius 2 is 1.76 bits per heavy atom. The Morgan fingerprint density at radius 1 is 1.04 bits per heavy atom. The second kappa shape index (κ2) is 6.66. The maximum Gasteiger partial charge on any atom is 0.129 e. The van der Waals surface area contributed by atoms with E-state index in [1.165, 1.54) is 0 Å². The van der Waals surface area contributed by atoms with Crippen molar-refractivity contribution in [3.63, 3.8) is 0 Å². The van der Waals surface area contributed by atoms with Crippen LogP contribution >= 0.6 is 0 Å². The Kier molecular flexibility index (Phi) is 4.56. The van der Waals surface area contributed by atoms with Crippen molar-refractivity contribution in [3.8, 4) is 17.2 Å². The number of benzene rings is 2. The second-order valence-electron chi connectivity index (χ2n) is 7.19. The molecule has 3 heteroatoms. The Hall–Kier alpha value is -2.70. The van der Waals surface area contributed by atoms with Gasteiger partial charge in [-0.15, -0.1) is 5.54 Å². The molecule has 0 saturated heterocycles. The highest BCUT2D eigenvalue weighted by molar-refractivity contribution is 6.83. The predicted molar refractivity (Wildman–Crippen MR) is 110 cm³/mol. The minimum atomic E-state index is -1.35. The summed E-state index contributed by atoms with van der Waals surface area (Å²) in [7, 11) is 0.326. The highest BCUT2D eigenvalue weighted by Gasteiger charge is 2.15. The van der Waals surface area contributed by atoms with Gasteiger partial charge in [-0.1, -0.05) is 50.3 Å². The topological polar surface area (TPSA) is 21.3 Å². The summed E-state index contributed by atoms with van der Waals surface area (Å²) in [5.41, 5.74) is 9.73. The lowest BCUT2D eigenvalue weighted by Gasteiger charge is -2.22. The van der Waals surface area contributed by atoms with Crippen molar-refractivity contribution in [3.05, 3.63) is 71.3 Å². The first kappa shape index (κ1) is 17.1. The molecule has 0 saturated carbocycles. The fourth-order valence-corrected chi connectivity index (χ4v) is 3.14. The van der Waals surface area contributed by atoms with Gasteiger partial charge in [-0.2, -0.15) is 0 Å². The average molecular weight is 346 g/mol. The minimum absolute atomic E-state index is 0.837. The van der Waals surface area contributed by atoms with Crippen LogP contribution in [0.1, 0.15) is 22.3 Å². The van der Waals surface area contributed by atoms with Crippen LogP contribution < -0.4 is 10.1 Å². The molecule has 2 aromatic rings. The van der Waals surface area contributed by atoms with Gasteiger partial charge in [-0.3, -0.25) is 0 Å². The Balaban J connectivity index is 1.90. The van der Waals surface area contributed by atoms with E-state index in [9.17, 15) is 0 Å². The number of fused-ring (bicyclic) bond motifs is 1. The second-order valence-corrected chi connectivity index (χ2v) is 11.9. The van der Waals surface area contributed by atoms with Gasteiger partial charge in [0, 0.05) is 22.5 Å². The minimum Gasteiger partial charge on any atom is -0.497 e. The molecule has 0 spiro atoms. The van der Waals surface area contributed by atoms with Crippen molar-refractivity contribution in [2.75, 3.05) is 7.11 Å². The van der Waals surface area contributed by atoms with E-state index < -0.39 is 8.07 Å². The van der Waals surface area contributed by atoms with Crippen LogP contribution in [0, 0.1) is 11.5 Å². The third-order valence-electron chi connectivity index (χ3n) is 3.95. The van der Waals surface area contributed by atoms with Gasteiger partial charge in [-0.25, -0.2) is 0 Å². The third-order valence-corrected chi connectivity index (χ3v) is 4.82. The van der Waals surface area contributed by atoms with E-state index in [-0.39, 0.29) is 0 Å². The maximum atomic E-state index is 5.30. The summed E-state index contributed by atoms with van der Waals surface area (Å²) in [4.78, 5) is 0. The zero-order chi connectivity index (χ0) is 18.0. The van der Waals surface area contributed by atoms with Crippen LogP contribution in [-0.4, -0.2) is 15.2 Å². The van der Waals surface area contributed by atoms with E-state index in [4.69, 9.17) is 4.74 Å². The fraction of sp³-hybridized carbons (Fsp3) is 0.182. The highest BCUT2D eigenvalue weighted by Crippen LogP contribution is 2.31. The molecule has 1 heterocycles. The van der Waals surface area contributed by atoms with Crippen LogP contribution in [-0.2, 0) is 0 Å². The van der Waals surface area contributed by atoms with E-state index in [0.29, 0.717) is 0 Å². The number of nitrogens with one attached hydrogen (secondary N) is 1. The molecule has 25 heavy (non-hydrogen) atoms. The van der Waals surface area contributed by atoms with Gasteiger partial charge in [-0.05, 0) is 41.5 Å². The van der Waals surface area contributed by atoms with Crippen LogP contribution in [0.15, 0.2) is 49.0 Å². The normalized spacial score (nSPS) is 13.1. The quantitative estimate of drug-likeness (QED) is 0.611. The molecular formula is C22H23NOSi. The monoisotopic (exact) mass is 345 g/mol. The number of ether oxygens (including phenoxy) is 1. The van der Waals surface area contributed by atoms with Crippen molar-refractivity contribution in [2.24, 2.45) is 0 Å². The zero-order valence-electron chi connectivity index (χ0n) is 15.2. The molecule has 0 aromatic heterocycles. The molecule has 0 aliphatic carbocycles. The van der Waals surface area contributed by atoms with Gasteiger partial charge in [0.2, 0.25) is 0 Å². The van der Waals surface area contributed by atoms with Gasteiger partial charge in [0.25, 0.3) is 0 Å². The van der Waals surface area contributed by atoms with E-state index in [2.05, 4.69) is 79.4 Å². The molecule has 0 atom stereocenters. The number of rotatable bonds is 2. The molecular weight excluding hydrogens is 322 g/mol. The molecule has 0 fully saturated rings. The zero-order valence-corrected chi connectivity index (χ0v) is 16.2. The van der Waals surface area contributed by atoms with Gasteiger partial charge < -0.3 is 10.1 Å².